The van der Waals surface area contributed by atoms with Gasteiger partial charge in [0.15, 0.2) is 0 Å². The van der Waals surface area contributed by atoms with E-state index < -0.39 is 0 Å². The van der Waals surface area contributed by atoms with E-state index in [1.807, 2.05) is 13.0 Å². The summed E-state index contributed by atoms with van der Waals surface area (Å²) in [7, 11) is 0. The lowest BCUT2D eigenvalue weighted by Gasteiger charge is -2.28. The van der Waals surface area contributed by atoms with Crippen molar-refractivity contribution in [1.29, 1.82) is 0 Å². The van der Waals surface area contributed by atoms with Gasteiger partial charge in [0, 0.05) is 25.3 Å². The molecule has 1 aromatic rings. The molecule has 1 aliphatic rings. The number of aliphatic hydroxyl groups is 1. The van der Waals surface area contributed by atoms with Crippen LogP contribution in [0.4, 0.5) is 5.82 Å². The molecule has 5 nitrogen and oxygen atoms in total. The predicted molar refractivity (Wildman–Crippen MR) is 78.8 cm³/mol. The molecule has 2 rings (SSSR count). The van der Waals surface area contributed by atoms with Crippen molar-refractivity contribution in [3.05, 3.63) is 23.9 Å². The Morgan fingerprint density at radius 2 is 2.20 bits per heavy atom. The minimum Gasteiger partial charge on any atom is -0.395 e. The lowest BCUT2D eigenvalue weighted by molar-refractivity contribution is 0.0637. The number of anilines is 1. The molecule has 0 unspecified atom stereocenters. The molecule has 2 N–H and O–H groups in total. The van der Waals surface area contributed by atoms with Crippen LogP contribution in [0.1, 0.15) is 43.0 Å². The zero-order valence-corrected chi connectivity index (χ0v) is 12.0. The number of aliphatic hydroxyl groups excluding tert-OH is 1. The fourth-order valence-corrected chi connectivity index (χ4v) is 2.75. The zero-order chi connectivity index (χ0) is 14.4. The third-order valence-corrected chi connectivity index (χ3v) is 3.74. The van der Waals surface area contributed by atoms with Gasteiger partial charge in [-0.3, -0.25) is 4.79 Å². The summed E-state index contributed by atoms with van der Waals surface area (Å²) in [4.78, 5) is 18.6. The Bertz CT molecular complexity index is 427. The standard InChI is InChI=1S/C15H23N3O2/c1-2-16-14-8-7-12(11-17-14)15(20)18(9-10-19)13-5-3-4-6-13/h7-8,11,13,19H,2-6,9-10H2,1H3,(H,16,17). The van der Waals surface area contributed by atoms with Crippen LogP contribution >= 0.6 is 0 Å². The highest BCUT2D eigenvalue weighted by Gasteiger charge is 2.27. The number of pyridine rings is 1. The smallest absolute Gasteiger partial charge is 0.255 e. The minimum atomic E-state index is -0.0264. The van der Waals surface area contributed by atoms with Gasteiger partial charge >= 0.3 is 0 Å². The van der Waals surface area contributed by atoms with Gasteiger partial charge in [0.1, 0.15) is 5.82 Å². The van der Waals surface area contributed by atoms with E-state index in [4.69, 9.17) is 0 Å². The van der Waals surface area contributed by atoms with Crippen molar-refractivity contribution in [3.63, 3.8) is 0 Å². The summed E-state index contributed by atoms with van der Waals surface area (Å²) in [6.07, 6.45) is 6.01. The Kier molecular flexibility index (Phi) is 5.35. The summed E-state index contributed by atoms with van der Waals surface area (Å²) >= 11 is 0. The molecule has 0 spiro atoms. The first kappa shape index (κ1) is 14.8. The number of carbonyl (C=O) groups is 1. The second kappa shape index (κ2) is 7.24. The first-order chi connectivity index (χ1) is 9.76. The molecule has 0 radical (unpaired) electrons. The Balaban J connectivity index is 2.09. The van der Waals surface area contributed by atoms with Gasteiger partial charge in [-0.25, -0.2) is 4.98 Å². The third-order valence-electron chi connectivity index (χ3n) is 3.74. The molecule has 1 saturated carbocycles. The molecular weight excluding hydrogens is 254 g/mol. The van der Waals surface area contributed by atoms with Gasteiger partial charge in [-0.05, 0) is 31.9 Å². The van der Waals surface area contributed by atoms with E-state index in [0.717, 1.165) is 38.0 Å². The van der Waals surface area contributed by atoms with E-state index in [-0.39, 0.29) is 18.6 Å². The topological polar surface area (TPSA) is 65.5 Å². The number of hydrogen-bond acceptors (Lipinski definition) is 4. The molecule has 0 saturated heterocycles. The fraction of sp³-hybridized carbons (Fsp3) is 0.600. The number of nitrogens with one attached hydrogen (secondary N) is 1. The van der Waals surface area contributed by atoms with Gasteiger partial charge in [0.2, 0.25) is 0 Å². The SMILES string of the molecule is CCNc1ccc(C(=O)N(CCO)C2CCCC2)cn1. The summed E-state index contributed by atoms with van der Waals surface area (Å²) in [5, 5.41) is 12.3. The Labute approximate surface area is 120 Å². The Hall–Kier alpha value is -1.62. The van der Waals surface area contributed by atoms with E-state index in [0.29, 0.717) is 12.1 Å². The van der Waals surface area contributed by atoms with E-state index >= 15 is 0 Å². The van der Waals surface area contributed by atoms with Crippen LogP contribution in [-0.4, -0.2) is 46.6 Å². The highest BCUT2D eigenvalue weighted by Crippen LogP contribution is 2.24. The van der Waals surface area contributed by atoms with Crippen molar-refractivity contribution < 1.29 is 9.90 Å². The van der Waals surface area contributed by atoms with Crippen molar-refractivity contribution in [2.75, 3.05) is 25.0 Å². The van der Waals surface area contributed by atoms with Gasteiger partial charge in [-0.2, -0.15) is 0 Å². The number of aromatic nitrogens is 1. The number of rotatable bonds is 6. The molecule has 20 heavy (non-hydrogen) atoms. The van der Waals surface area contributed by atoms with E-state index in [9.17, 15) is 9.90 Å². The van der Waals surface area contributed by atoms with Gasteiger partial charge in [-0.1, -0.05) is 12.8 Å². The molecule has 5 heteroatoms. The number of carbonyl (C=O) groups excluding carboxylic acids is 1. The first-order valence-corrected chi connectivity index (χ1v) is 7.38. The van der Waals surface area contributed by atoms with E-state index in [1.165, 1.54) is 0 Å². The van der Waals surface area contributed by atoms with Crippen LogP contribution in [0.2, 0.25) is 0 Å². The molecule has 1 aromatic heterocycles. The second-order valence-electron chi connectivity index (χ2n) is 5.12. The molecular formula is C15H23N3O2. The number of amides is 1. The molecule has 0 aromatic carbocycles. The Morgan fingerprint density at radius 3 is 2.75 bits per heavy atom. The van der Waals surface area contributed by atoms with Crippen LogP contribution in [0, 0.1) is 0 Å². The first-order valence-electron chi connectivity index (χ1n) is 7.38. The van der Waals surface area contributed by atoms with Crippen LogP contribution in [0.25, 0.3) is 0 Å². The van der Waals surface area contributed by atoms with Gasteiger partial charge in [0.05, 0.1) is 12.2 Å². The largest absolute Gasteiger partial charge is 0.395 e. The lowest BCUT2D eigenvalue weighted by atomic mass is 10.1. The minimum absolute atomic E-state index is 0.00510. The zero-order valence-electron chi connectivity index (χ0n) is 12.0. The molecule has 0 atom stereocenters. The molecule has 0 bridgehead atoms. The number of hydrogen-bond donors (Lipinski definition) is 2. The highest BCUT2D eigenvalue weighted by atomic mass is 16.3. The van der Waals surface area contributed by atoms with Crippen LogP contribution in [0.3, 0.4) is 0 Å². The van der Waals surface area contributed by atoms with Gasteiger partial charge in [0.25, 0.3) is 5.91 Å². The summed E-state index contributed by atoms with van der Waals surface area (Å²) in [5.74, 6) is 0.750. The summed E-state index contributed by atoms with van der Waals surface area (Å²) in [5.41, 5.74) is 0.590. The van der Waals surface area contributed by atoms with Crippen LogP contribution in [-0.2, 0) is 0 Å². The Morgan fingerprint density at radius 1 is 1.45 bits per heavy atom. The summed E-state index contributed by atoms with van der Waals surface area (Å²) < 4.78 is 0. The summed E-state index contributed by atoms with van der Waals surface area (Å²) in [6.45, 7) is 3.21. The number of nitrogens with zero attached hydrogens (tertiary/aromatic N) is 2. The molecule has 0 aliphatic heterocycles. The normalized spacial score (nSPS) is 15.3. The molecule has 1 amide bonds. The quantitative estimate of drug-likeness (QED) is 0.833. The molecule has 110 valence electrons. The summed E-state index contributed by atoms with van der Waals surface area (Å²) in [6, 6.07) is 3.89. The third kappa shape index (κ3) is 3.48. The predicted octanol–water partition coefficient (Wildman–Crippen LogP) is 1.89. The average Bonchev–Trinajstić information content (AvgIpc) is 2.99. The molecule has 1 aliphatic carbocycles. The average molecular weight is 277 g/mol. The van der Waals surface area contributed by atoms with Crippen LogP contribution < -0.4 is 5.32 Å². The maximum absolute atomic E-state index is 12.5. The van der Waals surface area contributed by atoms with E-state index in [2.05, 4.69) is 10.3 Å². The van der Waals surface area contributed by atoms with Crippen molar-refractivity contribution in [1.82, 2.24) is 9.88 Å². The molecule has 1 fully saturated rings. The maximum Gasteiger partial charge on any atom is 0.255 e. The van der Waals surface area contributed by atoms with Crippen molar-refractivity contribution in [3.8, 4) is 0 Å². The van der Waals surface area contributed by atoms with Gasteiger partial charge in [-0.15, -0.1) is 0 Å². The van der Waals surface area contributed by atoms with Gasteiger partial charge < -0.3 is 15.3 Å². The highest BCUT2D eigenvalue weighted by molar-refractivity contribution is 5.94. The van der Waals surface area contributed by atoms with Crippen LogP contribution in [0.5, 0.6) is 0 Å². The van der Waals surface area contributed by atoms with Crippen molar-refractivity contribution >= 4 is 11.7 Å². The van der Waals surface area contributed by atoms with Crippen molar-refractivity contribution in [2.24, 2.45) is 0 Å². The van der Waals surface area contributed by atoms with E-state index in [1.54, 1.807) is 17.2 Å². The molecule has 1 heterocycles. The second-order valence-corrected chi connectivity index (χ2v) is 5.12. The maximum atomic E-state index is 12.5. The fourth-order valence-electron chi connectivity index (χ4n) is 2.75. The van der Waals surface area contributed by atoms with Crippen molar-refractivity contribution in [2.45, 2.75) is 38.6 Å². The monoisotopic (exact) mass is 277 g/mol. The lowest BCUT2D eigenvalue weighted by Crippen LogP contribution is -2.40. The van der Waals surface area contributed by atoms with Crippen LogP contribution in [0.15, 0.2) is 18.3 Å².